The van der Waals surface area contributed by atoms with Crippen LogP contribution in [0.25, 0.3) is 0 Å². The fourth-order valence-corrected chi connectivity index (χ4v) is 4.92. The summed E-state index contributed by atoms with van der Waals surface area (Å²) in [6, 6.07) is 6.34. The van der Waals surface area contributed by atoms with Crippen LogP contribution < -0.4 is 15.4 Å². The topological polar surface area (TPSA) is 98.1 Å². The first-order valence-corrected chi connectivity index (χ1v) is 13.0. The number of thiazole rings is 1. The van der Waals surface area contributed by atoms with Gasteiger partial charge in [0, 0.05) is 19.0 Å². The summed E-state index contributed by atoms with van der Waals surface area (Å²) >= 11 is 1.22. The van der Waals surface area contributed by atoms with Crippen LogP contribution in [0.3, 0.4) is 0 Å². The van der Waals surface area contributed by atoms with Gasteiger partial charge >= 0.3 is 6.18 Å². The second-order valence-electron chi connectivity index (χ2n) is 9.41. The number of hydrogen-bond donors (Lipinski definition) is 2. The molecule has 3 aromatic rings. The molecule has 1 saturated carbocycles. The van der Waals surface area contributed by atoms with Crippen molar-refractivity contribution in [1.29, 1.82) is 0 Å². The van der Waals surface area contributed by atoms with Gasteiger partial charge in [-0.2, -0.15) is 18.3 Å². The fourth-order valence-electron chi connectivity index (χ4n) is 4.40. The lowest BCUT2D eigenvalue weighted by Crippen LogP contribution is -2.41. The molecule has 0 bridgehead atoms. The second kappa shape index (κ2) is 10.5. The van der Waals surface area contributed by atoms with Crippen LogP contribution in [0.4, 0.5) is 19.0 Å². The third-order valence-electron chi connectivity index (χ3n) is 6.44. The molecule has 2 amide bonds. The Hall–Kier alpha value is -3.41. The van der Waals surface area contributed by atoms with Crippen molar-refractivity contribution in [2.45, 2.75) is 57.3 Å². The van der Waals surface area contributed by atoms with E-state index in [0.717, 1.165) is 12.0 Å². The molecule has 1 aromatic carbocycles. The lowest BCUT2D eigenvalue weighted by Gasteiger charge is -2.23. The number of carbonyl (C=O) groups is 2. The van der Waals surface area contributed by atoms with Crippen LogP contribution in [0.2, 0.25) is 0 Å². The summed E-state index contributed by atoms with van der Waals surface area (Å²) in [6.07, 6.45) is 2.00. The number of benzene rings is 1. The number of aromatic nitrogens is 3. The molecule has 1 aliphatic carbocycles. The fraction of sp³-hybridized carbons (Fsp3) is 0.440. The molecule has 1 fully saturated rings. The highest BCUT2D eigenvalue weighted by atomic mass is 32.1. The zero-order valence-electron chi connectivity index (χ0n) is 19.9. The van der Waals surface area contributed by atoms with E-state index < -0.39 is 12.8 Å². The second-order valence-corrected chi connectivity index (χ2v) is 10.3. The van der Waals surface area contributed by atoms with Crippen LogP contribution in [-0.2, 0) is 19.4 Å². The summed E-state index contributed by atoms with van der Waals surface area (Å²) in [4.78, 5) is 30.3. The summed E-state index contributed by atoms with van der Waals surface area (Å²) in [5.74, 6) is 0.579. The van der Waals surface area contributed by atoms with Gasteiger partial charge in [0.15, 0.2) is 6.61 Å². The number of alkyl halides is 3. The summed E-state index contributed by atoms with van der Waals surface area (Å²) in [5.41, 5.74) is 3.40. The highest BCUT2D eigenvalue weighted by Crippen LogP contribution is 2.34. The van der Waals surface area contributed by atoms with Crippen LogP contribution in [-0.4, -0.2) is 45.4 Å². The first-order chi connectivity index (χ1) is 17.7. The molecule has 0 spiro atoms. The minimum atomic E-state index is -4.40. The number of anilines is 1. The van der Waals surface area contributed by atoms with Gasteiger partial charge in [-0.3, -0.25) is 14.6 Å². The predicted molar refractivity (Wildman–Crippen MR) is 131 cm³/mol. The number of ether oxygens (including phenoxy) is 1. The average Bonchev–Trinajstić information content (AvgIpc) is 3.38. The zero-order valence-corrected chi connectivity index (χ0v) is 20.7. The van der Waals surface area contributed by atoms with E-state index in [0.29, 0.717) is 53.7 Å². The molecule has 0 unspecified atom stereocenters. The Balaban J connectivity index is 1.27. The normalized spacial score (nSPS) is 17.3. The van der Waals surface area contributed by atoms with Crippen LogP contribution in [0.15, 0.2) is 36.0 Å². The van der Waals surface area contributed by atoms with Crippen molar-refractivity contribution in [3.63, 3.8) is 0 Å². The first-order valence-electron chi connectivity index (χ1n) is 12.1. The summed E-state index contributed by atoms with van der Waals surface area (Å²) in [5, 5.41) is 10.6. The largest absolute Gasteiger partial charge is 0.484 e. The van der Waals surface area contributed by atoms with Crippen LogP contribution >= 0.6 is 11.3 Å². The van der Waals surface area contributed by atoms with E-state index in [2.05, 4.69) is 15.6 Å². The first kappa shape index (κ1) is 25.2. The molecule has 5 rings (SSSR count). The van der Waals surface area contributed by atoms with Gasteiger partial charge in [0.05, 0.1) is 17.4 Å². The van der Waals surface area contributed by atoms with E-state index in [1.165, 1.54) is 36.4 Å². The maximum Gasteiger partial charge on any atom is 0.422 e. The molecule has 2 aromatic heterocycles. The van der Waals surface area contributed by atoms with Crippen LogP contribution in [0.1, 0.15) is 57.0 Å². The van der Waals surface area contributed by atoms with Crippen molar-refractivity contribution < 1.29 is 27.5 Å². The molecule has 1 aliphatic heterocycles. The lowest BCUT2D eigenvalue weighted by atomic mass is 9.96. The SMILES string of the molecule is O=C(Nc1c2c(nn1CCC1CC1)C[C@H](CCc1cccc(OCC(F)(F)F)c1)NC2=O)c1cncs1. The van der Waals surface area contributed by atoms with Gasteiger partial charge in [0.25, 0.3) is 11.8 Å². The number of halogens is 3. The van der Waals surface area contributed by atoms with Gasteiger partial charge in [0.2, 0.25) is 0 Å². The Bertz CT molecular complexity index is 1270. The maximum absolute atomic E-state index is 13.1. The molecular formula is C25H26F3N5O3S. The van der Waals surface area contributed by atoms with E-state index in [1.54, 1.807) is 22.3 Å². The number of nitrogens with one attached hydrogen (secondary N) is 2. The lowest BCUT2D eigenvalue weighted by molar-refractivity contribution is -0.153. The van der Waals surface area contributed by atoms with Gasteiger partial charge in [-0.05, 0) is 42.9 Å². The molecule has 37 heavy (non-hydrogen) atoms. The molecule has 1 atom stereocenters. The van der Waals surface area contributed by atoms with Crippen molar-refractivity contribution >= 4 is 29.0 Å². The van der Waals surface area contributed by atoms with E-state index in [-0.39, 0.29) is 23.6 Å². The van der Waals surface area contributed by atoms with Gasteiger partial charge in [-0.1, -0.05) is 25.0 Å². The molecule has 8 nitrogen and oxygen atoms in total. The van der Waals surface area contributed by atoms with E-state index in [9.17, 15) is 22.8 Å². The van der Waals surface area contributed by atoms with Crippen molar-refractivity contribution in [2.24, 2.45) is 5.92 Å². The monoisotopic (exact) mass is 533 g/mol. The summed E-state index contributed by atoms with van der Waals surface area (Å²) in [6.45, 7) is -0.734. The standard InChI is InChI=1S/C25H26F3N5O3S/c26-25(27,28)13-36-18-3-1-2-16(10-18)6-7-17-11-19-21(24(35)30-17)22(31-23(34)20-12-29-14-37-20)33(32-19)9-8-15-4-5-15/h1-3,10,12,14-15,17H,4-9,11,13H2,(H,30,35)(H,31,34)/t17-/m0/s1. The van der Waals surface area contributed by atoms with Crippen LogP contribution in [0, 0.1) is 5.92 Å². The van der Waals surface area contributed by atoms with Crippen molar-refractivity contribution in [3.8, 4) is 5.75 Å². The number of hydrogen-bond acceptors (Lipinski definition) is 6. The summed E-state index contributed by atoms with van der Waals surface area (Å²) in [7, 11) is 0. The number of carbonyl (C=O) groups excluding carboxylic acids is 2. The Labute approximate surface area is 215 Å². The van der Waals surface area contributed by atoms with Crippen molar-refractivity contribution in [3.05, 3.63) is 57.7 Å². The number of rotatable bonds is 10. The number of amides is 2. The Kier molecular flexibility index (Phi) is 7.18. The molecule has 3 heterocycles. The van der Waals surface area contributed by atoms with Crippen molar-refractivity contribution in [1.82, 2.24) is 20.1 Å². The maximum atomic E-state index is 13.1. The Morgan fingerprint density at radius 1 is 1.27 bits per heavy atom. The van der Waals surface area contributed by atoms with Gasteiger partial charge in [-0.15, -0.1) is 11.3 Å². The minimum Gasteiger partial charge on any atom is -0.484 e. The van der Waals surface area contributed by atoms with Gasteiger partial charge in [0.1, 0.15) is 22.0 Å². The molecule has 12 heteroatoms. The summed E-state index contributed by atoms with van der Waals surface area (Å²) < 4.78 is 43.9. The number of aryl methyl sites for hydroxylation is 2. The third-order valence-corrected chi connectivity index (χ3v) is 7.22. The smallest absolute Gasteiger partial charge is 0.422 e. The Morgan fingerprint density at radius 3 is 2.84 bits per heavy atom. The molecule has 2 aliphatic rings. The Morgan fingerprint density at radius 2 is 2.11 bits per heavy atom. The highest BCUT2D eigenvalue weighted by molar-refractivity contribution is 7.11. The van der Waals surface area contributed by atoms with E-state index in [4.69, 9.17) is 9.84 Å². The van der Waals surface area contributed by atoms with Crippen molar-refractivity contribution in [2.75, 3.05) is 11.9 Å². The third kappa shape index (κ3) is 6.48. The highest BCUT2D eigenvalue weighted by Gasteiger charge is 2.33. The predicted octanol–water partition coefficient (Wildman–Crippen LogP) is 4.62. The van der Waals surface area contributed by atoms with Gasteiger partial charge in [-0.25, -0.2) is 4.68 Å². The molecular weight excluding hydrogens is 507 g/mol. The molecule has 196 valence electrons. The van der Waals surface area contributed by atoms with E-state index in [1.807, 2.05) is 6.07 Å². The van der Waals surface area contributed by atoms with E-state index >= 15 is 0 Å². The van der Waals surface area contributed by atoms with Gasteiger partial charge < -0.3 is 15.4 Å². The molecule has 0 saturated heterocycles. The quantitative estimate of drug-likeness (QED) is 0.396. The van der Waals surface area contributed by atoms with Crippen LogP contribution in [0.5, 0.6) is 5.75 Å². The average molecular weight is 534 g/mol. The minimum absolute atomic E-state index is 0.153. The number of fused-ring (bicyclic) bond motifs is 1. The number of nitrogens with zero attached hydrogens (tertiary/aromatic N) is 3. The molecule has 2 N–H and O–H groups in total. The molecule has 0 radical (unpaired) electrons. The zero-order chi connectivity index (χ0) is 26.0.